The van der Waals surface area contributed by atoms with Crippen LogP contribution in [0.15, 0.2) is 16.6 Å². The third-order valence-electron chi connectivity index (χ3n) is 1.22. The first kappa shape index (κ1) is 8.33. The van der Waals surface area contributed by atoms with Crippen molar-refractivity contribution in [3.63, 3.8) is 0 Å². The van der Waals surface area contributed by atoms with Gasteiger partial charge in [-0.2, -0.15) is 0 Å². The van der Waals surface area contributed by atoms with Crippen LogP contribution < -0.4 is 4.74 Å². The minimum atomic E-state index is -0.669. The molecule has 0 radical (unpaired) electrons. The van der Waals surface area contributed by atoms with Gasteiger partial charge in [0.1, 0.15) is 5.75 Å². The topological polar surface area (TPSA) is 29.5 Å². The third kappa shape index (κ3) is 1.63. The Morgan fingerprint density at radius 2 is 2.18 bits per heavy atom. The summed E-state index contributed by atoms with van der Waals surface area (Å²) in [7, 11) is 1.44. The maximum atomic E-state index is 12.6. The van der Waals surface area contributed by atoms with E-state index in [0.29, 0.717) is 10.2 Å². The Morgan fingerprint density at radius 1 is 1.55 bits per heavy atom. The van der Waals surface area contributed by atoms with Gasteiger partial charge >= 0.3 is 0 Å². The van der Waals surface area contributed by atoms with Gasteiger partial charge in [-0.05, 0) is 22.0 Å². The van der Waals surface area contributed by atoms with Gasteiger partial charge in [0, 0.05) is 6.07 Å². The molecule has 2 nitrogen and oxygen atoms in total. The van der Waals surface area contributed by atoms with E-state index in [-0.39, 0.29) is 0 Å². The van der Waals surface area contributed by atoms with Crippen molar-refractivity contribution in [3.8, 4) is 11.5 Å². The molecule has 11 heavy (non-hydrogen) atoms. The highest BCUT2D eigenvalue weighted by Gasteiger charge is 2.06. The standard InChI is InChI=1S/C7H6BrFO2/c1-11-7-3-6(10)5(9)2-4(7)8/h2-3,10H,1H3. The number of rotatable bonds is 1. The van der Waals surface area contributed by atoms with Crippen LogP contribution in [0.1, 0.15) is 0 Å². The van der Waals surface area contributed by atoms with Gasteiger partial charge in [0.15, 0.2) is 11.6 Å². The van der Waals surface area contributed by atoms with E-state index in [1.807, 2.05) is 0 Å². The molecule has 1 N–H and O–H groups in total. The molecule has 0 saturated carbocycles. The number of phenols is 1. The Morgan fingerprint density at radius 3 is 2.73 bits per heavy atom. The van der Waals surface area contributed by atoms with Crippen LogP contribution in [0.5, 0.6) is 11.5 Å². The van der Waals surface area contributed by atoms with Crippen LogP contribution >= 0.6 is 15.9 Å². The highest BCUT2D eigenvalue weighted by Crippen LogP contribution is 2.30. The molecule has 0 saturated heterocycles. The molecule has 1 rings (SSSR count). The molecule has 0 amide bonds. The summed E-state index contributed by atoms with van der Waals surface area (Å²) in [6, 6.07) is 2.35. The SMILES string of the molecule is COc1cc(O)c(F)cc1Br. The lowest BCUT2D eigenvalue weighted by Crippen LogP contribution is -1.85. The van der Waals surface area contributed by atoms with E-state index in [1.165, 1.54) is 13.2 Å². The summed E-state index contributed by atoms with van der Waals surface area (Å²) < 4.78 is 17.8. The van der Waals surface area contributed by atoms with Crippen molar-refractivity contribution < 1.29 is 14.2 Å². The molecule has 0 aliphatic heterocycles. The van der Waals surface area contributed by atoms with Gasteiger partial charge in [0.25, 0.3) is 0 Å². The van der Waals surface area contributed by atoms with Crippen LogP contribution in [0.2, 0.25) is 0 Å². The number of ether oxygens (including phenoxy) is 1. The van der Waals surface area contributed by atoms with Crippen molar-refractivity contribution >= 4 is 15.9 Å². The summed E-state index contributed by atoms with van der Waals surface area (Å²) in [6.45, 7) is 0. The minimum Gasteiger partial charge on any atom is -0.505 e. The molecule has 0 unspecified atom stereocenters. The molecule has 0 spiro atoms. The zero-order valence-electron chi connectivity index (χ0n) is 5.77. The van der Waals surface area contributed by atoms with E-state index < -0.39 is 11.6 Å². The van der Waals surface area contributed by atoms with Gasteiger partial charge < -0.3 is 9.84 Å². The lowest BCUT2D eigenvalue weighted by molar-refractivity contribution is 0.394. The average molecular weight is 221 g/mol. The van der Waals surface area contributed by atoms with Crippen molar-refractivity contribution in [3.05, 3.63) is 22.4 Å². The second-order valence-electron chi connectivity index (χ2n) is 1.94. The Balaban J connectivity index is 3.21. The maximum absolute atomic E-state index is 12.6. The van der Waals surface area contributed by atoms with Crippen molar-refractivity contribution in [2.75, 3.05) is 7.11 Å². The van der Waals surface area contributed by atoms with Gasteiger partial charge in [-0.25, -0.2) is 4.39 Å². The predicted molar refractivity (Wildman–Crippen MR) is 42.3 cm³/mol. The molecule has 0 fully saturated rings. The minimum absolute atomic E-state index is 0.406. The summed E-state index contributed by atoms with van der Waals surface area (Å²) >= 11 is 3.07. The average Bonchev–Trinajstić information content (AvgIpc) is 1.97. The Bertz CT molecular complexity index is 275. The van der Waals surface area contributed by atoms with Gasteiger partial charge in [0.2, 0.25) is 0 Å². The van der Waals surface area contributed by atoms with E-state index in [2.05, 4.69) is 15.9 Å². The lowest BCUT2D eigenvalue weighted by atomic mass is 10.3. The summed E-state index contributed by atoms with van der Waals surface area (Å²) in [4.78, 5) is 0. The van der Waals surface area contributed by atoms with Crippen LogP contribution in [0.3, 0.4) is 0 Å². The normalized spacial score (nSPS) is 9.73. The van der Waals surface area contributed by atoms with Crippen molar-refractivity contribution in [1.82, 2.24) is 0 Å². The number of benzene rings is 1. The maximum Gasteiger partial charge on any atom is 0.166 e. The van der Waals surface area contributed by atoms with Crippen LogP contribution in [-0.4, -0.2) is 12.2 Å². The number of phenolic OH excluding ortho intramolecular Hbond substituents is 1. The smallest absolute Gasteiger partial charge is 0.166 e. The van der Waals surface area contributed by atoms with Crippen LogP contribution in [0.25, 0.3) is 0 Å². The van der Waals surface area contributed by atoms with Crippen LogP contribution in [0.4, 0.5) is 4.39 Å². The fourth-order valence-electron chi connectivity index (χ4n) is 0.675. The van der Waals surface area contributed by atoms with E-state index in [1.54, 1.807) is 0 Å². The molecule has 1 aromatic carbocycles. The molecule has 0 aliphatic carbocycles. The van der Waals surface area contributed by atoms with Gasteiger partial charge in [-0.1, -0.05) is 0 Å². The molecule has 0 heterocycles. The molecule has 60 valence electrons. The highest BCUT2D eigenvalue weighted by molar-refractivity contribution is 9.10. The monoisotopic (exact) mass is 220 g/mol. The number of aromatic hydroxyl groups is 1. The third-order valence-corrected chi connectivity index (χ3v) is 1.84. The lowest BCUT2D eigenvalue weighted by Gasteiger charge is -2.03. The van der Waals surface area contributed by atoms with Gasteiger partial charge in [-0.3, -0.25) is 0 Å². The van der Waals surface area contributed by atoms with E-state index >= 15 is 0 Å². The molecular formula is C7H6BrFO2. The molecule has 1 aromatic rings. The first-order valence-electron chi connectivity index (χ1n) is 2.87. The number of hydrogen-bond donors (Lipinski definition) is 1. The van der Waals surface area contributed by atoms with Crippen molar-refractivity contribution in [2.24, 2.45) is 0 Å². The largest absolute Gasteiger partial charge is 0.505 e. The second kappa shape index (κ2) is 3.09. The number of methoxy groups -OCH3 is 1. The summed E-state index contributed by atoms with van der Waals surface area (Å²) in [5.74, 6) is -0.674. The Labute approximate surface area is 71.7 Å². The van der Waals surface area contributed by atoms with Crippen LogP contribution in [-0.2, 0) is 0 Å². The molecule has 0 bridgehead atoms. The van der Waals surface area contributed by atoms with Gasteiger partial charge in [0.05, 0.1) is 11.6 Å². The fraction of sp³-hybridized carbons (Fsp3) is 0.143. The van der Waals surface area contributed by atoms with Gasteiger partial charge in [-0.15, -0.1) is 0 Å². The van der Waals surface area contributed by atoms with Crippen molar-refractivity contribution in [1.29, 1.82) is 0 Å². The highest BCUT2D eigenvalue weighted by atomic mass is 79.9. The summed E-state index contributed by atoms with van der Waals surface area (Å²) in [6.07, 6.45) is 0. The predicted octanol–water partition coefficient (Wildman–Crippen LogP) is 2.30. The summed E-state index contributed by atoms with van der Waals surface area (Å²) in [5, 5.41) is 8.88. The fourth-order valence-corrected chi connectivity index (χ4v) is 1.15. The summed E-state index contributed by atoms with van der Waals surface area (Å²) in [5.41, 5.74) is 0. The number of hydrogen-bond acceptors (Lipinski definition) is 2. The molecule has 0 aliphatic rings. The van der Waals surface area contributed by atoms with E-state index in [9.17, 15) is 4.39 Å². The zero-order chi connectivity index (χ0) is 8.43. The Hall–Kier alpha value is -0.770. The number of halogens is 2. The zero-order valence-corrected chi connectivity index (χ0v) is 7.35. The van der Waals surface area contributed by atoms with Crippen molar-refractivity contribution in [2.45, 2.75) is 0 Å². The van der Waals surface area contributed by atoms with E-state index in [0.717, 1.165) is 6.07 Å². The molecule has 0 aromatic heterocycles. The Kier molecular flexibility index (Phi) is 2.34. The molecule has 0 atom stereocenters. The quantitative estimate of drug-likeness (QED) is 0.788. The van der Waals surface area contributed by atoms with E-state index in [4.69, 9.17) is 9.84 Å². The van der Waals surface area contributed by atoms with Crippen LogP contribution in [0, 0.1) is 5.82 Å². The first-order chi connectivity index (χ1) is 5.15. The first-order valence-corrected chi connectivity index (χ1v) is 3.66. The molecule has 4 heteroatoms. The second-order valence-corrected chi connectivity index (χ2v) is 2.79. The molecular weight excluding hydrogens is 215 g/mol.